The van der Waals surface area contributed by atoms with E-state index in [4.69, 9.17) is 37.9 Å². The maximum atomic E-state index is 11.6. The zero-order valence-corrected chi connectivity index (χ0v) is 34.5. The number of hydrogen-bond acceptors (Lipinski definition) is 16. The first-order valence-corrected chi connectivity index (χ1v) is 21.4. The summed E-state index contributed by atoms with van der Waals surface area (Å²) in [5.74, 6) is -0.213. The molecule has 0 saturated carbocycles. The normalized spacial score (nSPS) is 30.3. The second kappa shape index (κ2) is 21.1. The quantitative estimate of drug-likeness (QED) is 0.0623. The summed E-state index contributed by atoms with van der Waals surface area (Å²) in [6, 6.07) is 14.3. The number of fused-ring (bicyclic) bond motifs is 2. The van der Waals surface area contributed by atoms with Gasteiger partial charge in [0.15, 0.2) is 37.0 Å². The predicted molar refractivity (Wildman–Crippen MR) is 211 cm³/mol. The van der Waals surface area contributed by atoms with E-state index in [1.807, 2.05) is 0 Å². The van der Waals surface area contributed by atoms with Crippen LogP contribution in [0.25, 0.3) is 0 Å². The van der Waals surface area contributed by atoms with Crippen LogP contribution in [0, 0.1) is 0 Å². The Bertz CT molecular complexity index is 1530. The van der Waals surface area contributed by atoms with Crippen LogP contribution in [0.15, 0.2) is 48.5 Å². The maximum Gasteiger partial charge on any atom is 0.338 e. The Morgan fingerprint density at radius 1 is 0.483 bits per heavy atom. The van der Waals surface area contributed by atoms with Crippen LogP contribution in [0.2, 0.25) is 0 Å². The van der Waals surface area contributed by atoms with Crippen LogP contribution in [0.3, 0.4) is 0 Å². The third kappa shape index (κ3) is 11.0. The molecule has 334 valence electrons. The topological polar surface area (TPSA) is 229 Å². The van der Waals surface area contributed by atoms with Gasteiger partial charge in [-0.05, 0) is 74.9 Å². The van der Waals surface area contributed by atoms with Crippen molar-refractivity contribution in [2.24, 2.45) is 0 Å². The first-order valence-electron chi connectivity index (χ1n) is 21.4. The van der Waals surface area contributed by atoms with Crippen molar-refractivity contribution in [3.63, 3.8) is 0 Å². The van der Waals surface area contributed by atoms with Crippen LogP contribution >= 0.6 is 0 Å². The summed E-state index contributed by atoms with van der Waals surface area (Å²) in [7, 11) is 0. The van der Waals surface area contributed by atoms with E-state index in [0.29, 0.717) is 49.1 Å². The Labute approximate surface area is 350 Å². The van der Waals surface area contributed by atoms with Crippen molar-refractivity contribution >= 4 is 11.9 Å². The van der Waals surface area contributed by atoms with Crippen LogP contribution in [-0.4, -0.2) is 130 Å². The number of carbonyl (C=O) groups is 2. The first-order chi connectivity index (χ1) is 28.8. The average Bonchev–Trinajstić information content (AvgIpc) is 3.91. The van der Waals surface area contributed by atoms with Gasteiger partial charge >= 0.3 is 11.9 Å². The van der Waals surface area contributed by atoms with Crippen molar-refractivity contribution in [3.05, 3.63) is 59.7 Å². The highest BCUT2D eigenvalue weighted by atomic mass is 16.7. The predicted octanol–water partition coefficient (Wildman–Crippen LogP) is 3.02. The molecule has 6 N–H and O–H groups in total. The standard InChI is InChI=1S/C44H62O16/c1-43(51,27-15-19-29(20-16-27)53-23-11-7-3-5-9-13-25-55-41-33(47)37-35(59-41)31(45)39(49)57-37)44(2,52)28-17-21-30(22-18-28)54-24-12-8-4-6-10-14-26-56-42-34(48)38-36(60-42)32(46)40(50)58-38/h15-22,31-38,41-42,45-48,51-52H,3-14,23-26H2,1-2H3/t31-,32-,33-,34-,35-,36-,37-,38-,41-,42-,43?,44?/m1/s1. The van der Waals surface area contributed by atoms with Gasteiger partial charge in [0.05, 0.1) is 13.2 Å². The fourth-order valence-electron chi connectivity index (χ4n) is 7.97. The molecule has 16 heteroatoms. The summed E-state index contributed by atoms with van der Waals surface area (Å²) >= 11 is 0. The third-order valence-corrected chi connectivity index (χ3v) is 12.0. The average molecular weight is 847 g/mol. The molecule has 0 radical (unpaired) electrons. The second-order valence-electron chi connectivity index (χ2n) is 16.5. The molecule has 4 aliphatic rings. The molecule has 12 atom stereocenters. The first kappa shape index (κ1) is 46.1. The Balaban J connectivity index is 0.782. The molecule has 0 spiro atoms. The largest absolute Gasteiger partial charge is 0.494 e. The van der Waals surface area contributed by atoms with Crippen LogP contribution < -0.4 is 9.47 Å². The summed E-state index contributed by atoms with van der Waals surface area (Å²) in [5, 5.41) is 63.2. The van der Waals surface area contributed by atoms with Crippen molar-refractivity contribution in [1.82, 2.24) is 0 Å². The van der Waals surface area contributed by atoms with Gasteiger partial charge in [-0.15, -0.1) is 0 Å². The Hall–Kier alpha value is -3.42. The molecule has 60 heavy (non-hydrogen) atoms. The summed E-state index contributed by atoms with van der Waals surface area (Å²) < 4.78 is 43.9. The molecule has 4 fully saturated rings. The molecule has 2 aromatic carbocycles. The van der Waals surface area contributed by atoms with Gasteiger partial charge in [0.2, 0.25) is 0 Å². The molecule has 0 aliphatic carbocycles. The lowest BCUT2D eigenvalue weighted by Crippen LogP contribution is -2.45. The monoisotopic (exact) mass is 846 g/mol. The molecule has 2 aromatic rings. The number of hydrogen-bond donors (Lipinski definition) is 6. The van der Waals surface area contributed by atoms with Gasteiger partial charge in [0.25, 0.3) is 0 Å². The number of aliphatic hydroxyl groups is 6. The molecule has 0 aromatic heterocycles. The number of carbonyl (C=O) groups excluding carboxylic acids is 2. The van der Waals surface area contributed by atoms with E-state index in [1.54, 1.807) is 62.4 Å². The number of aliphatic hydroxyl groups excluding tert-OH is 4. The highest BCUT2D eigenvalue weighted by Crippen LogP contribution is 2.41. The van der Waals surface area contributed by atoms with Gasteiger partial charge in [-0.25, -0.2) is 9.59 Å². The van der Waals surface area contributed by atoms with Crippen molar-refractivity contribution < 1.29 is 78.1 Å². The van der Waals surface area contributed by atoms with Crippen LogP contribution in [0.4, 0.5) is 0 Å². The highest BCUT2D eigenvalue weighted by molar-refractivity contribution is 5.78. The maximum absolute atomic E-state index is 11.6. The van der Waals surface area contributed by atoms with Crippen molar-refractivity contribution in [2.45, 2.75) is 164 Å². The molecular weight excluding hydrogens is 784 g/mol. The zero-order chi connectivity index (χ0) is 42.9. The SMILES string of the molecule is CC(O)(c1ccc(OCCCCCCCCO[C@@H]2O[C@H]3[C@H](OC(=O)[C@@H]3O)[C@H]2O)cc1)C(C)(O)c1ccc(OCCCCCCCCO[C@@H]2O[C@H]3[C@H](OC(=O)[C@@H]3O)[C@H]2O)cc1. The fourth-order valence-corrected chi connectivity index (χ4v) is 7.97. The van der Waals surface area contributed by atoms with E-state index in [2.05, 4.69) is 0 Å². The number of benzene rings is 2. The Morgan fingerprint density at radius 2 is 0.800 bits per heavy atom. The number of ether oxygens (including phenoxy) is 8. The van der Waals surface area contributed by atoms with Crippen molar-refractivity contribution in [1.29, 1.82) is 0 Å². The molecule has 16 nitrogen and oxygen atoms in total. The summed E-state index contributed by atoms with van der Waals surface area (Å²) in [6.07, 6.45) is 0.929. The zero-order valence-electron chi connectivity index (χ0n) is 34.5. The van der Waals surface area contributed by atoms with E-state index in [9.17, 15) is 40.2 Å². The summed E-state index contributed by atoms with van der Waals surface area (Å²) in [4.78, 5) is 22.8. The van der Waals surface area contributed by atoms with Gasteiger partial charge in [-0.1, -0.05) is 75.6 Å². The minimum Gasteiger partial charge on any atom is -0.494 e. The molecule has 0 bridgehead atoms. The second-order valence-corrected chi connectivity index (χ2v) is 16.5. The number of esters is 2. The van der Waals surface area contributed by atoms with E-state index in [-0.39, 0.29) is 0 Å². The lowest BCUT2D eigenvalue weighted by Gasteiger charge is -2.39. The third-order valence-electron chi connectivity index (χ3n) is 12.0. The highest BCUT2D eigenvalue weighted by Gasteiger charge is 2.58. The minimum absolute atomic E-state index is 0.392. The number of rotatable bonds is 25. The van der Waals surface area contributed by atoms with Gasteiger partial charge in [0.1, 0.15) is 47.1 Å². The van der Waals surface area contributed by atoms with Crippen LogP contribution in [0.5, 0.6) is 11.5 Å². The Kier molecular flexibility index (Phi) is 16.2. The van der Waals surface area contributed by atoms with Gasteiger partial charge < -0.3 is 68.5 Å². The lowest BCUT2D eigenvalue weighted by atomic mass is 9.76. The smallest absolute Gasteiger partial charge is 0.338 e. The van der Waals surface area contributed by atoms with Crippen LogP contribution in [0.1, 0.15) is 102 Å². The van der Waals surface area contributed by atoms with E-state index >= 15 is 0 Å². The molecule has 4 saturated heterocycles. The van der Waals surface area contributed by atoms with E-state index in [1.165, 1.54) is 0 Å². The van der Waals surface area contributed by atoms with E-state index < -0.39 is 84.6 Å². The van der Waals surface area contributed by atoms with Gasteiger partial charge in [-0.2, -0.15) is 0 Å². The van der Waals surface area contributed by atoms with Crippen LogP contribution in [-0.2, 0) is 49.2 Å². The van der Waals surface area contributed by atoms with E-state index in [0.717, 1.165) is 77.0 Å². The van der Waals surface area contributed by atoms with Crippen molar-refractivity contribution in [3.8, 4) is 11.5 Å². The molecule has 2 unspecified atom stereocenters. The summed E-state index contributed by atoms with van der Waals surface area (Å²) in [5.41, 5.74) is -2.10. The minimum atomic E-state index is -1.60. The molecular formula is C44H62O16. The van der Waals surface area contributed by atoms with Gasteiger partial charge in [0, 0.05) is 13.2 Å². The van der Waals surface area contributed by atoms with Gasteiger partial charge in [-0.3, -0.25) is 0 Å². The lowest BCUT2D eigenvalue weighted by molar-refractivity contribution is -0.187. The molecule has 4 heterocycles. The Morgan fingerprint density at radius 3 is 1.13 bits per heavy atom. The van der Waals surface area contributed by atoms with Crippen molar-refractivity contribution in [2.75, 3.05) is 26.4 Å². The fraction of sp³-hybridized carbons (Fsp3) is 0.682. The molecule has 4 aliphatic heterocycles. The molecule has 6 rings (SSSR count). The number of unbranched alkanes of at least 4 members (excludes halogenated alkanes) is 10. The molecule has 0 amide bonds. The summed E-state index contributed by atoms with van der Waals surface area (Å²) in [6.45, 7) is 5.08.